The highest BCUT2D eigenvalue weighted by molar-refractivity contribution is 5.81. The van der Waals surface area contributed by atoms with Crippen molar-refractivity contribution in [3.63, 3.8) is 0 Å². The fraction of sp³-hybridized carbons (Fsp3) is 0.154. The van der Waals surface area contributed by atoms with Crippen molar-refractivity contribution in [1.82, 2.24) is 4.57 Å². The summed E-state index contributed by atoms with van der Waals surface area (Å²) in [4.78, 5) is 11.9. The predicted octanol–water partition coefficient (Wildman–Crippen LogP) is 2.10. The number of nitrogens with zero attached hydrogens (tertiary/aromatic N) is 1. The summed E-state index contributed by atoms with van der Waals surface area (Å²) in [6.45, 7) is 0.254. The number of rotatable bonds is 2. The smallest absolute Gasteiger partial charge is 0.234 e. The SMILES string of the molecule is O=C(Cc1ccc2c(c1)OCO2)n1cccc1. The van der Waals surface area contributed by atoms with Gasteiger partial charge in [-0.3, -0.25) is 9.36 Å². The maximum atomic E-state index is 11.9. The fourth-order valence-electron chi connectivity index (χ4n) is 1.82. The standard InChI is InChI=1S/C13H11NO3/c15-13(14-5-1-2-6-14)8-10-3-4-11-12(7-10)17-9-16-11/h1-7H,8-9H2. The Balaban J connectivity index is 1.80. The Morgan fingerprint density at radius 2 is 1.94 bits per heavy atom. The van der Waals surface area contributed by atoms with Crippen molar-refractivity contribution >= 4 is 5.91 Å². The molecule has 4 heteroatoms. The van der Waals surface area contributed by atoms with Crippen molar-refractivity contribution in [3.8, 4) is 11.5 Å². The average Bonchev–Trinajstić information content (AvgIpc) is 2.99. The van der Waals surface area contributed by atoms with Crippen LogP contribution in [0.1, 0.15) is 10.4 Å². The van der Waals surface area contributed by atoms with Crippen molar-refractivity contribution in [2.75, 3.05) is 6.79 Å². The number of aromatic nitrogens is 1. The zero-order valence-electron chi connectivity index (χ0n) is 9.13. The Morgan fingerprint density at radius 1 is 1.18 bits per heavy atom. The lowest BCUT2D eigenvalue weighted by Crippen LogP contribution is -2.11. The molecule has 0 saturated carbocycles. The topological polar surface area (TPSA) is 40.5 Å². The van der Waals surface area contributed by atoms with Crippen molar-refractivity contribution in [1.29, 1.82) is 0 Å². The van der Waals surface area contributed by atoms with E-state index in [0.29, 0.717) is 12.2 Å². The first-order valence-corrected chi connectivity index (χ1v) is 5.37. The van der Waals surface area contributed by atoms with E-state index in [4.69, 9.17) is 9.47 Å². The van der Waals surface area contributed by atoms with E-state index in [1.165, 1.54) is 0 Å². The molecular weight excluding hydrogens is 218 g/mol. The molecule has 0 radical (unpaired) electrons. The van der Waals surface area contributed by atoms with E-state index in [9.17, 15) is 4.79 Å². The minimum Gasteiger partial charge on any atom is -0.454 e. The minimum absolute atomic E-state index is 0.0360. The minimum atomic E-state index is 0.0360. The zero-order valence-corrected chi connectivity index (χ0v) is 9.13. The lowest BCUT2D eigenvalue weighted by molar-refractivity contribution is 0.0914. The van der Waals surface area contributed by atoms with E-state index < -0.39 is 0 Å². The molecule has 0 aliphatic carbocycles. The second-order valence-corrected chi connectivity index (χ2v) is 3.85. The van der Waals surface area contributed by atoms with Gasteiger partial charge in [-0.15, -0.1) is 0 Å². The number of carbonyl (C=O) groups is 1. The van der Waals surface area contributed by atoms with Crippen LogP contribution < -0.4 is 9.47 Å². The zero-order chi connectivity index (χ0) is 11.7. The summed E-state index contributed by atoms with van der Waals surface area (Å²) >= 11 is 0. The van der Waals surface area contributed by atoms with Crippen molar-refractivity contribution in [3.05, 3.63) is 48.3 Å². The third-order valence-electron chi connectivity index (χ3n) is 2.68. The number of benzene rings is 1. The van der Waals surface area contributed by atoms with Crippen LogP contribution in [0.25, 0.3) is 0 Å². The molecule has 86 valence electrons. The van der Waals surface area contributed by atoms with Gasteiger partial charge in [-0.2, -0.15) is 0 Å². The molecule has 0 N–H and O–H groups in total. The molecule has 0 saturated heterocycles. The first-order chi connectivity index (χ1) is 8.33. The van der Waals surface area contributed by atoms with Gasteiger partial charge in [0, 0.05) is 12.4 Å². The van der Waals surface area contributed by atoms with Crippen molar-refractivity contribution in [2.24, 2.45) is 0 Å². The van der Waals surface area contributed by atoms with Crippen molar-refractivity contribution < 1.29 is 14.3 Å². The van der Waals surface area contributed by atoms with Gasteiger partial charge in [0.2, 0.25) is 12.7 Å². The van der Waals surface area contributed by atoms with Gasteiger partial charge in [0.25, 0.3) is 0 Å². The van der Waals surface area contributed by atoms with Gasteiger partial charge >= 0.3 is 0 Å². The molecule has 17 heavy (non-hydrogen) atoms. The van der Waals surface area contributed by atoms with Gasteiger partial charge < -0.3 is 9.47 Å². The van der Waals surface area contributed by atoms with E-state index in [1.54, 1.807) is 17.0 Å². The number of hydrogen-bond donors (Lipinski definition) is 0. The first kappa shape index (κ1) is 9.96. The number of carbonyl (C=O) groups excluding carboxylic acids is 1. The summed E-state index contributed by atoms with van der Waals surface area (Å²) in [6.07, 6.45) is 3.84. The molecule has 0 amide bonds. The van der Waals surface area contributed by atoms with E-state index in [0.717, 1.165) is 11.3 Å². The van der Waals surface area contributed by atoms with Crippen LogP contribution in [0.5, 0.6) is 11.5 Å². The summed E-state index contributed by atoms with van der Waals surface area (Å²) in [5.74, 6) is 1.49. The van der Waals surface area contributed by atoms with Gasteiger partial charge in [0.1, 0.15) is 0 Å². The third-order valence-corrected chi connectivity index (χ3v) is 2.68. The molecule has 4 nitrogen and oxygen atoms in total. The maximum absolute atomic E-state index is 11.9. The highest BCUT2D eigenvalue weighted by Gasteiger charge is 2.14. The lowest BCUT2D eigenvalue weighted by atomic mass is 10.1. The molecule has 3 rings (SSSR count). The third kappa shape index (κ3) is 1.89. The summed E-state index contributed by atoms with van der Waals surface area (Å²) in [6, 6.07) is 9.23. The van der Waals surface area contributed by atoms with E-state index in [2.05, 4.69) is 0 Å². The number of fused-ring (bicyclic) bond motifs is 1. The largest absolute Gasteiger partial charge is 0.454 e. The van der Waals surface area contributed by atoms with E-state index in [1.807, 2.05) is 30.3 Å². The van der Waals surface area contributed by atoms with E-state index >= 15 is 0 Å². The van der Waals surface area contributed by atoms with Gasteiger partial charge in [0.15, 0.2) is 11.5 Å². The Bertz CT molecular complexity index is 546. The van der Waals surface area contributed by atoms with Crippen LogP contribution in [0.4, 0.5) is 0 Å². The van der Waals surface area contributed by atoms with Gasteiger partial charge in [-0.05, 0) is 29.8 Å². The summed E-state index contributed by atoms with van der Waals surface area (Å²) in [7, 11) is 0. The summed E-state index contributed by atoms with van der Waals surface area (Å²) in [5, 5.41) is 0. The maximum Gasteiger partial charge on any atom is 0.234 e. The molecule has 1 aliphatic heterocycles. The number of ether oxygens (including phenoxy) is 2. The summed E-state index contributed by atoms with van der Waals surface area (Å²) in [5.41, 5.74) is 0.924. The Hall–Kier alpha value is -2.23. The Kier molecular flexibility index (Phi) is 2.33. The second-order valence-electron chi connectivity index (χ2n) is 3.85. The molecule has 0 bridgehead atoms. The predicted molar refractivity (Wildman–Crippen MR) is 61.3 cm³/mol. The first-order valence-electron chi connectivity index (χ1n) is 5.37. The molecule has 0 fully saturated rings. The van der Waals surface area contributed by atoms with Crippen LogP contribution in [-0.2, 0) is 6.42 Å². The van der Waals surface area contributed by atoms with Crippen LogP contribution in [0, 0.1) is 0 Å². The van der Waals surface area contributed by atoms with Gasteiger partial charge in [-0.25, -0.2) is 0 Å². The number of hydrogen-bond acceptors (Lipinski definition) is 3. The van der Waals surface area contributed by atoms with Gasteiger partial charge in [0.05, 0.1) is 6.42 Å². The molecule has 0 unspecified atom stereocenters. The molecule has 0 spiro atoms. The normalized spacial score (nSPS) is 12.7. The molecule has 2 aromatic rings. The highest BCUT2D eigenvalue weighted by Crippen LogP contribution is 2.32. The average molecular weight is 229 g/mol. The van der Waals surface area contributed by atoms with Crippen LogP contribution in [0.2, 0.25) is 0 Å². The molecular formula is C13H11NO3. The Labute approximate surface area is 98.4 Å². The Morgan fingerprint density at radius 3 is 2.76 bits per heavy atom. The lowest BCUT2D eigenvalue weighted by Gasteiger charge is -2.03. The van der Waals surface area contributed by atoms with Gasteiger partial charge in [-0.1, -0.05) is 6.07 Å². The molecule has 0 atom stereocenters. The molecule has 1 aliphatic rings. The van der Waals surface area contributed by atoms with E-state index in [-0.39, 0.29) is 12.7 Å². The summed E-state index contributed by atoms with van der Waals surface area (Å²) < 4.78 is 12.1. The highest BCUT2D eigenvalue weighted by atomic mass is 16.7. The molecule has 1 aromatic carbocycles. The van der Waals surface area contributed by atoms with Crippen molar-refractivity contribution in [2.45, 2.75) is 6.42 Å². The van der Waals surface area contributed by atoms with Crippen LogP contribution in [0.15, 0.2) is 42.7 Å². The molecule has 2 heterocycles. The van der Waals surface area contributed by atoms with Crippen LogP contribution in [-0.4, -0.2) is 17.3 Å². The quantitative estimate of drug-likeness (QED) is 0.791. The molecule has 1 aromatic heterocycles. The van der Waals surface area contributed by atoms with Crippen LogP contribution >= 0.6 is 0 Å². The fourth-order valence-corrected chi connectivity index (χ4v) is 1.82. The van der Waals surface area contributed by atoms with Crippen LogP contribution in [0.3, 0.4) is 0 Å². The second kappa shape index (κ2) is 3.97. The monoisotopic (exact) mass is 229 g/mol.